The van der Waals surface area contributed by atoms with Crippen LogP contribution < -0.4 is 0 Å². The van der Waals surface area contributed by atoms with Crippen molar-refractivity contribution in [2.45, 2.75) is 38.3 Å². The lowest BCUT2D eigenvalue weighted by Gasteiger charge is -2.35. The number of rotatable bonds is 6. The molecule has 26 heavy (non-hydrogen) atoms. The molecule has 2 heterocycles. The molecule has 1 aliphatic heterocycles. The van der Waals surface area contributed by atoms with E-state index in [9.17, 15) is 4.79 Å². The maximum atomic E-state index is 12.3. The molecule has 138 valence electrons. The smallest absolute Gasteiger partial charge is 0.410 e. The molecule has 0 bridgehead atoms. The predicted molar refractivity (Wildman–Crippen MR) is 98.8 cm³/mol. The Morgan fingerprint density at radius 1 is 1.35 bits per heavy atom. The molecule has 3 rings (SSSR count). The van der Waals surface area contributed by atoms with Gasteiger partial charge in [0.25, 0.3) is 0 Å². The zero-order valence-corrected chi connectivity index (χ0v) is 15.4. The van der Waals surface area contributed by atoms with Crippen molar-refractivity contribution >= 4 is 17.7 Å². The lowest BCUT2D eigenvalue weighted by molar-refractivity contribution is 0.00760. The average molecular weight is 376 g/mol. The van der Waals surface area contributed by atoms with Crippen LogP contribution in [0.1, 0.15) is 37.8 Å². The molecule has 0 spiro atoms. The van der Waals surface area contributed by atoms with Crippen LogP contribution in [-0.2, 0) is 4.74 Å². The van der Waals surface area contributed by atoms with Gasteiger partial charge in [0.2, 0.25) is 0 Å². The van der Waals surface area contributed by atoms with Crippen molar-refractivity contribution in [3.8, 4) is 11.3 Å². The fourth-order valence-electron chi connectivity index (χ4n) is 3.12. The van der Waals surface area contributed by atoms with Crippen molar-refractivity contribution in [1.29, 1.82) is 0 Å². The molecule has 6 nitrogen and oxygen atoms in total. The van der Waals surface area contributed by atoms with Gasteiger partial charge in [0, 0.05) is 31.2 Å². The quantitative estimate of drug-likeness (QED) is 0.776. The molecule has 1 N–H and O–H groups in total. The van der Waals surface area contributed by atoms with Crippen molar-refractivity contribution in [2.75, 3.05) is 13.2 Å². The Hall–Kier alpha value is -2.18. The van der Waals surface area contributed by atoms with Crippen LogP contribution in [0.4, 0.5) is 4.79 Å². The number of carbonyl (C=O) groups is 1. The van der Waals surface area contributed by atoms with Crippen LogP contribution in [0.25, 0.3) is 11.3 Å². The topological polar surface area (TPSA) is 75.6 Å². The summed E-state index contributed by atoms with van der Waals surface area (Å²) in [6, 6.07) is 9.54. The summed E-state index contributed by atoms with van der Waals surface area (Å²) in [6.07, 6.45) is 3.20. The molecule has 7 heteroatoms. The molecule has 1 aromatic carbocycles. The molecule has 1 amide bonds. The molecule has 1 saturated heterocycles. The normalized spacial score (nSPS) is 18.5. The van der Waals surface area contributed by atoms with E-state index in [1.807, 2.05) is 31.2 Å². The zero-order valence-electron chi connectivity index (χ0n) is 14.6. The number of aliphatic hydroxyl groups excluding tert-OH is 1. The van der Waals surface area contributed by atoms with Crippen molar-refractivity contribution in [1.82, 2.24) is 14.9 Å². The molecular weight excluding hydrogens is 354 g/mol. The number of cyclic esters (lactones) is 1. The molecule has 2 aromatic rings. The Kier molecular flexibility index (Phi) is 6.06. The maximum absolute atomic E-state index is 12.3. The molecular formula is C19H22ClN3O3. The Morgan fingerprint density at radius 3 is 2.77 bits per heavy atom. The minimum atomic E-state index is -0.293. The van der Waals surface area contributed by atoms with Gasteiger partial charge in [-0.15, -0.1) is 0 Å². The molecule has 0 aliphatic carbocycles. The van der Waals surface area contributed by atoms with E-state index >= 15 is 0 Å². The maximum Gasteiger partial charge on any atom is 0.410 e. The van der Waals surface area contributed by atoms with Gasteiger partial charge in [0.15, 0.2) is 0 Å². The highest BCUT2D eigenvalue weighted by Crippen LogP contribution is 2.28. The first-order valence-electron chi connectivity index (χ1n) is 8.74. The first kappa shape index (κ1) is 18.6. The standard InChI is InChI=1S/C19H22ClN3O3/c1-13(23-9-8-16(3-2-10-24)26-19(23)25)14-4-6-15(7-5-14)17-11-18(20)22-12-21-17/h4-7,11-13,16,24H,2-3,8-10H2,1H3. The second-order valence-electron chi connectivity index (χ2n) is 6.38. The van der Waals surface area contributed by atoms with Crippen LogP contribution in [0.5, 0.6) is 0 Å². The van der Waals surface area contributed by atoms with Crippen LogP contribution in [0.3, 0.4) is 0 Å². The van der Waals surface area contributed by atoms with Crippen LogP contribution in [0.15, 0.2) is 36.7 Å². The van der Waals surface area contributed by atoms with E-state index in [4.69, 9.17) is 21.4 Å². The second kappa shape index (κ2) is 8.47. The van der Waals surface area contributed by atoms with Crippen LogP contribution in [0, 0.1) is 0 Å². The minimum Gasteiger partial charge on any atom is -0.446 e. The summed E-state index contributed by atoms with van der Waals surface area (Å²) in [5.74, 6) is 0. The van der Waals surface area contributed by atoms with Gasteiger partial charge >= 0.3 is 6.09 Å². The highest BCUT2D eigenvalue weighted by atomic mass is 35.5. The van der Waals surface area contributed by atoms with Crippen LogP contribution >= 0.6 is 11.6 Å². The van der Waals surface area contributed by atoms with E-state index in [1.165, 1.54) is 6.33 Å². The summed E-state index contributed by atoms with van der Waals surface area (Å²) in [7, 11) is 0. The first-order chi connectivity index (χ1) is 12.6. The Balaban J connectivity index is 1.67. The number of halogens is 1. The van der Waals surface area contributed by atoms with Crippen molar-refractivity contribution in [3.63, 3.8) is 0 Å². The number of carbonyl (C=O) groups excluding carboxylic acids is 1. The largest absolute Gasteiger partial charge is 0.446 e. The van der Waals surface area contributed by atoms with Gasteiger partial charge < -0.3 is 14.7 Å². The van der Waals surface area contributed by atoms with Gasteiger partial charge in [-0.05, 0) is 25.3 Å². The molecule has 0 saturated carbocycles. The molecule has 0 radical (unpaired) electrons. The third kappa shape index (κ3) is 4.31. The molecule has 1 fully saturated rings. The highest BCUT2D eigenvalue weighted by Gasteiger charge is 2.30. The minimum absolute atomic E-state index is 0.0793. The summed E-state index contributed by atoms with van der Waals surface area (Å²) < 4.78 is 5.49. The van der Waals surface area contributed by atoms with E-state index in [1.54, 1.807) is 11.0 Å². The Labute approximate surface area is 157 Å². The highest BCUT2D eigenvalue weighted by molar-refractivity contribution is 6.29. The van der Waals surface area contributed by atoms with Gasteiger partial charge in [-0.3, -0.25) is 0 Å². The van der Waals surface area contributed by atoms with E-state index in [0.717, 1.165) is 23.2 Å². The molecule has 1 aliphatic rings. The number of aromatic nitrogens is 2. The monoisotopic (exact) mass is 375 g/mol. The number of nitrogens with zero attached hydrogens (tertiary/aromatic N) is 3. The summed E-state index contributed by atoms with van der Waals surface area (Å²) in [4.78, 5) is 22.2. The number of ether oxygens (including phenoxy) is 1. The van der Waals surface area contributed by atoms with Crippen molar-refractivity contribution < 1.29 is 14.6 Å². The number of hydrogen-bond donors (Lipinski definition) is 1. The Morgan fingerprint density at radius 2 is 2.12 bits per heavy atom. The third-order valence-electron chi connectivity index (χ3n) is 4.67. The summed E-state index contributed by atoms with van der Waals surface area (Å²) in [6.45, 7) is 2.77. The number of amides is 1. The third-order valence-corrected chi connectivity index (χ3v) is 4.87. The average Bonchev–Trinajstić information content (AvgIpc) is 2.66. The lowest BCUT2D eigenvalue weighted by Crippen LogP contribution is -2.43. The predicted octanol–water partition coefficient (Wildman–Crippen LogP) is 3.84. The summed E-state index contributed by atoms with van der Waals surface area (Å²) in [5, 5.41) is 9.31. The van der Waals surface area contributed by atoms with E-state index < -0.39 is 0 Å². The number of benzene rings is 1. The van der Waals surface area contributed by atoms with Gasteiger partial charge in [-0.1, -0.05) is 35.9 Å². The van der Waals surface area contributed by atoms with E-state index in [2.05, 4.69) is 9.97 Å². The first-order valence-corrected chi connectivity index (χ1v) is 9.12. The van der Waals surface area contributed by atoms with Gasteiger partial charge in [0.1, 0.15) is 17.6 Å². The fourth-order valence-corrected chi connectivity index (χ4v) is 3.27. The molecule has 2 unspecified atom stereocenters. The van der Waals surface area contributed by atoms with E-state index in [-0.39, 0.29) is 24.8 Å². The van der Waals surface area contributed by atoms with Crippen molar-refractivity contribution in [3.05, 3.63) is 47.4 Å². The lowest BCUT2D eigenvalue weighted by atomic mass is 10.0. The summed E-state index contributed by atoms with van der Waals surface area (Å²) >= 11 is 5.91. The van der Waals surface area contributed by atoms with Crippen LogP contribution in [-0.4, -0.2) is 45.3 Å². The van der Waals surface area contributed by atoms with Gasteiger partial charge in [0.05, 0.1) is 11.7 Å². The number of hydrogen-bond acceptors (Lipinski definition) is 5. The molecule has 1 aromatic heterocycles. The fraction of sp³-hybridized carbons (Fsp3) is 0.421. The van der Waals surface area contributed by atoms with Gasteiger partial charge in [-0.25, -0.2) is 14.8 Å². The zero-order chi connectivity index (χ0) is 18.5. The van der Waals surface area contributed by atoms with E-state index in [0.29, 0.717) is 24.5 Å². The second-order valence-corrected chi connectivity index (χ2v) is 6.76. The number of aliphatic hydroxyl groups is 1. The Bertz CT molecular complexity index is 754. The van der Waals surface area contributed by atoms with Crippen molar-refractivity contribution in [2.24, 2.45) is 0 Å². The SMILES string of the molecule is CC(c1ccc(-c2cc(Cl)ncn2)cc1)N1CCC(CCCO)OC1=O. The van der Waals surface area contributed by atoms with Gasteiger partial charge in [-0.2, -0.15) is 0 Å². The van der Waals surface area contributed by atoms with Crippen LogP contribution in [0.2, 0.25) is 5.15 Å². The summed E-state index contributed by atoms with van der Waals surface area (Å²) in [5.41, 5.74) is 2.73. The molecule has 2 atom stereocenters.